The summed E-state index contributed by atoms with van der Waals surface area (Å²) < 4.78 is 0. The molecule has 0 radical (unpaired) electrons. The molecule has 3 nitrogen and oxygen atoms in total. The molecule has 2 heterocycles. The summed E-state index contributed by atoms with van der Waals surface area (Å²) >= 11 is 0. The molecule has 3 heteroatoms. The fraction of sp³-hybridized carbons (Fsp3) is 0.158. The van der Waals surface area contributed by atoms with Crippen LogP contribution in [-0.4, -0.2) is 16.9 Å². The van der Waals surface area contributed by atoms with E-state index in [9.17, 15) is 4.79 Å². The second-order valence-corrected chi connectivity index (χ2v) is 5.66. The van der Waals surface area contributed by atoms with Crippen molar-refractivity contribution in [2.75, 3.05) is 4.90 Å². The molecule has 1 amide bonds. The van der Waals surface area contributed by atoms with Crippen molar-refractivity contribution in [3.63, 3.8) is 0 Å². The summed E-state index contributed by atoms with van der Waals surface area (Å²) in [5, 5.41) is 1.07. The Morgan fingerprint density at radius 1 is 1.00 bits per heavy atom. The molecule has 3 aromatic rings. The number of benzene rings is 2. The number of β-lactam (4-membered cyclic amide) rings is 1. The average molecular weight is 288 g/mol. The summed E-state index contributed by atoms with van der Waals surface area (Å²) in [4.78, 5) is 18.5. The molecule has 0 aliphatic carbocycles. The fourth-order valence-electron chi connectivity index (χ4n) is 3.15. The van der Waals surface area contributed by atoms with Gasteiger partial charge in [-0.15, -0.1) is 0 Å². The number of hydrogen-bond acceptors (Lipinski definition) is 2. The molecule has 108 valence electrons. The first-order chi connectivity index (χ1) is 10.8. The zero-order valence-electron chi connectivity index (χ0n) is 12.1. The maximum Gasteiger partial charge on any atom is 0.229 e. The maximum absolute atomic E-state index is 12.2. The van der Waals surface area contributed by atoms with Crippen LogP contribution in [0.15, 0.2) is 66.9 Å². The molecule has 1 aliphatic heterocycles. The van der Waals surface area contributed by atoms with E-state index < -0.39 is 0 Å². The zero-order valence-corrected chi connectivity index (χ0v) is 12.1. The molecule has 1 atom stereocenters. The normalized spacial score (nSPS) is 17.5. The van der Waals surface area contributed by atoms with Gasteiger partial charge in [-0.25, -0.2) is 0 Å². The highest BCUT2D eigenvalue weighted by Crippen LogP contribution is 2.34. The molecule has 1 aliphatic rings. The van der Waals surface area contributed by atoms with E-state index in [2.05, 4.69) is 17.1 Å². The lowest BCUT2D eigenvalue weighted by molar-refractivity contribution is -0.124. The van der Waals surface area contributed by atoms with Gasteiger partial charge in [0.1, 0.15) is 0 Å². The third kappa shape index (κ3) is 2.15. The van der Waals surface area contributed by atoms with Gasteiger partial charge >= 0.3 is 0 Å². The number of carbonyl (C=O) groups is 1. The minimum atomic E-state index is 0.180. The Labute approximate surface area is 129 Å². The highest BCUT2D eigenvalue weighted by Gasteiger charge is 2.37. The van der Waals surface area contributed by atoms with Crippen LogP contribution in [0, 0.1) is 0 Å². The fourth-order valence-corrected chi connectivity index (χ4v) is 3.15. The van der Waals surface area contributed by atoms with Crippen LogP contribution in [-0.2, 0) is 11.2 Å². The number of fused-ring (bicyclic) bond motifs is 1. The monoisotopic (exact) mass is 288 g/mol. The molecule has 0 bridgehead atoms. The van der Waals surface area contributed by atoms with Gasteiger partial charge in [0.05, 0.1) is 11.2 Å². The number of amides is 1. The van der Waals surface area contributed by atoms with Crippen LogP contribution in [0.1, 0.15) is 12.0 Å². The largest absolute Gasteiger partial charge is 0.306 e. The number of hydrogen-bond donors (Lipinski definition) is 0. The highest BCUT2D eigenvalue weighted by molar-refractivity contribution is 6.07. The van der Waals surface area contributed by atoms with Crippen molar-refractivity contribution in [2.24, 2.45) is 0 Å². The van der Waals surface area contributed by atoms with Crippen LogP contribution in [0.3, 0.4) is 0 Å². The van der Waals surface area contributed by atoms with Crippen molar-refractivity contribution in [3.8, 4) is 0 Å². The predicted octanol–water partition coefficient (Wildman–Crippen LogP) is 3.58. The van der Waals surface area contributed by atoms with E-state index in [0.717, 1.165) is 23.0 Å². The lowest BCUT2D eigenvalue weighted by Gasteiger charge is -2.41. The quantitative estimate of drug-likeness (QED) is 0.690. The number of rotatable bonds is 3. The van der Waals surface area contributed by atoms with Crippen LogP contribution >= 0.6 is 0 Å². The Morgan fingerprint density at radius 2 is 1.82 bits per heavy atom. The van der Waals surface area contributed by atoms with E-state index in [1.165, 1.54) is 5.56 Å². The minimum absolute atomic E-state index is 0.180. The van der Waals surface area contributed by atoms with Crippen molar-refractivity contribution < 1.29 is 4.79 Å². The molecular weight excluding hydrogens is 272 g/mol. The summed E-state index contributed by atoms with van der Waals surface area (Å²) in [5.41, 5.74) is 3.09. The highest BCUT2D eigenvalue weighted by atomic mass is 16.2. The van der Waals surface area contributed by atoms with Gasteiger partial charge in [0.2, 0.25) is 5.91 Å². The molecule has 2 aromatic carbocycles. The lowest BCUT2D eigenvalue weighted by atomic mass is 9.93. The van der Waals surface area contributed by atoms with Gasteiger partial charge in [0.15, 0.2) is 0 Å². The third-order valence-electron chi connectivity index (χ3n) is 4.23. The van der Waals surface area contributed by atoms with Crippen LogP contribution in [0.25, 0.3) is 10.9 Å². The number of nitrogens with zero attached hydrogens (tertiary/aromatic N) is 2. The summed E-state index contributed by atoms with van der Waals surface area (Å²) in [6.45, 7) is 0. The van der Waals surface area contributed by atoms with Gasteiger partial charge in [-0.3, -0.25) is 9.78 Å². The molecule has 4 rings (SSSR count). The number of para-hydroxylation sites is 1. The van der Waals surface area contributed by atoms with Gasteiger partial charge in [-0.1, -0.05) is 48.5 Å². The van der Waals surface area contributed by atoms with E-state index in [1.807, 2.05) is 53.4 Å². The third-order valence-corrected chi connectivity index (χ3v) is 4.23. The standard InChI is InChI=1S/C19H16N2O/c22-18-13-16(12-14-6-2-1-3-7-14)21(18)17-10-4-8-15-9-5-11-20-19(15)17/h1-11,16H,12-13H2. The summed E-state index contributed by atoms with van der Waals surface area (Å²) in [5.74, 6) is 0.180. The van der Waals surface area contributed by atoms with Crippen LogP contribution < -0.4 is 4.90 Å². The summed E-state index contributed by atoms with van der Waals surface area (Å²) in [6.07, 6.45) is 3.27. The molecule has 22 heavy (non-hydrogen) atoms. The molecule has 0 N–H and O–H groups in total. The minimum Gasteiger partial charge on any atom is -0.306 e. The van der Waals surface area contributed by atoms with Gasteiger partial charge in [-0.2, -0.15) is 0 Å². The van der Waals surface area contributed by atoms with E-state index in [0.29, 0.717) is 6.42 Å². The van der Waals surface area contributed by atoms with Crippen molar-refractivity contribution in [2.45, 2.75) is 18.9 Å². The Kier molecular flexibility index (Phi) is 3.11. The zero-order chi connectivity index (χ0) is 14.9. The topological polar surface area (TPSA) is 33.2 Å². The first kappa shape index (κ1) is 13.0. The molecule has 1 fully saturated rings. The van der Waals surface area contributed by atoms with Gasteiger partial charge in [0, 0.05) is 24.0 Å². The Balaban J connectivity index is 1.69. The molecular formula is C19H16N2O. The lowest BCUT2D eigenvalue weighted by Crippen LogP contribution is -2.54. The Morgan fingerprint density at radius 3 is 2.64 bits per heavy atom. The maximum atomic E-state index is 12.2. The van der Waals surface area contributed by atoms with E-state index in [1.54, 1.807) is 6.20 Å². The number of anilines is 1. The first-order valence-corrected chi connectivity index (χ1v) is 7.52. The van der Waals surface area contributed by atoms with Crippen LogP contribution in [0.5, 0.6) is 0 Å². The van der Waals surface area contributed by atoms with Crippen molar-refractivity contribution in [1.82, 2.24) is 4.98 Å². The molecule has 0 saturated carbocycles. The molecule has 1 aromatic heterocycles. The summed E-state index contributed by atoms with van der Waals surface area (Å²) in [6, 6.07) is 20.5. The molecule has 0 spiro atoms. The number of aromatic nitrogens is 1. The van der Waals surface area contributed by atoms with Gasteiger partial charge in [0.25, 0.3) is 0 Å². The average Bonchev–Trinajstić information content (AvgIpc) is 2.56. The predicted molar refractivity (Wildman–Crippen MR) is 87.8 cm³/mol. The number of pyridine rings is 1. The SMILES string of the molecule is O=C1CC(Cc2ccccc2)N1c1cccc2cccnc12. The molecule has 1 unspecified atom stereocenters. The van der Waals surface area contributed by atoms with Gasteiger partial charge < -0.3 is 4.90 Å². The van der Waals surface area contributed by atoms with E-state index >= 15 is 0 Å². The van der Waals surface area contributed by atoms with E-state index in [4.69, 9.17) is 0 Å². The first-order valence-electron chi connectivity index (χ1n) is 7.52. The van der Waals surface area contributed by atoms with Crippen LogP contribution in [0.4, 0.5) is 5.69 Å². The Hall–Kier alpha value is -2.68. The van der Waals surface area contributed by atoms with E-state index in [-0.39, 0.29) is 11.9 Å². The second-order valence-electron chi connectivity index (χ2n) is 5.66. The second kappa shape index (κ2) is 5.26. The van der Waals surface area contributed by atoms with Crippen molar-refractivity contribution >= 4 is 22.5 Å². The molecule has 1 saturated heterocycles. The summed E-state index contributed by atoms with van der Waals surface area (Å²) in [7, 11) is 0. The Bertz CT molecular complexity index is 824. The van der Waals surface area contributed by atoms with Crippen molar-refractivity contribution in [1.29, 1.82) is 0 Å². The van der Waals surface area contributed by atoms with Gasteiger partial charge in [-0.05, 0) is 24.1 Å². The van der Waals surface area contributed by atoms with Crippen LogP contribution in [0.2, 0.25) is 0 Å². The smallest absolute Gasteiger partial charge is 0.229 e. The number of carbonyl (C=O) groups excluding carboxylic acids is 1. The van der Waals surface area contributed by atoms with Crippen molar-refractivity contribution in [3.05, 3.63) is 72.4 Å².